The number of benzene rings is 1. The Labute approximate surface area is 202 Å². The van der Waals surface area contributed by atoms with Crippen molar-refractivity contribution in [2.24, 2.45) is 0 Å². The number of carbonyl (C=O) groups excluding carboxylic acids is 1. The Morgan fingerprint density at radius 2 is 1.80 bits per heavy atom. The first-order valence-corrected chi connectivity index (χ1v) is 12.1. The molecule has 0 saturated heterocycles. The van der Waals surface area contributed by atoms with Crippen molar-refractivity contribution < 1.29 is 26.6 Å². The molecule has 2 N–H and O–H groups in total. The molecule has 0 bridgehead atoms. The molecule has 2 unspecified atom stereocenters. The van der Waals surface area contributed by atoms with Crippen molar-refractivity contribution in [1.29, 1.82) is 0 Å². The van der Waals surface area contributed by atoms with Gasteiger partial charge in [0.05, 0.1) is 22.6 Å². The predicted octanol–water partition coefficient (Wildman–Crippen LogP) is 4.41. The number of nitrogens with one attached hydrogen (secondary N) is 2. The van der Waals surface area contributed by atoms with Crippen LogP contribution in [0.15, 0.2) is 48.7 Å². The Kier molecular flexibility index (Phi) is 8.34. The average molecular weight is 509 g/mol. The second kappa shape index (κ2) is 11.0. The fourth-order valence-electron chi connectivity index (χ4n) is 3.29. The SMILES string of the molecule is Cc1ccc(-c2nc(C(F)(F)F)ccc2CNC(=O)C(C)c2ccc(CNS(C)=O)c(F)c2)cn1. The molecule has 11 heteroatoms. The lowest BCUT2D eigenvalue weighted by atomic mass is 9.98. The summed E-state index contributed by atoms with van der Waals surface area (Å²) in [6.45, 7) is 3.35. The molecule has 0 saturated carbocycles. The van der Waals surface area contributed by atoms with Gasteiger partial charge in [0.1, 0.15) is 11.5 Å². The fourth-order valence-corrected chi connectivity index (χ4v) is 3.65. The molecule has 0 aliphatic carbocycles. The highest BCUT2D eigenvalue weighted by atomic mass is 32.2. The second-order valence-corrected chi connectivity index (χ2v) is 9.15. The minimum absolute atomic E-state index is 0.0662. The number of aryl methyl sites for hydroxylation is 1. The first kappa shape index (κ1) is 26.4. The highest BCUT2D eigenvalue weighted by Gasteiger charge is 2.33. The molecule has 1 aromatic carbocycles. The molecule has 35 heavy (non-hydrogen) atoms. The highest BCUT2D eigenvalue weighted by molar-refractivity contribution is 7.82. The Hall–Kier alpha value is -3.18. The molecule has 0 spiro atoms. The van der Waals surface area contributed by atoms with Crippen LogP contribution in [0.4, 0.5) is 17.6 Å². The van der Waals surface area contributed by atoms with Gasteiger partial charge in [-0.1, -0.05) is 18.2 Å². The third kappa shape index (κ3) is 6.92. The second-order valence-electron chi connectivity index (χ2n) is 7.96. The van der Waals surface area contributed by atoms with Crippen LogP contribution in [0.2, 0.25) is 0 Å². The lowest BCUT2D eigenvalue weighted by Crippen LogP contribution is -2.28. The van der Waals surface area contributed by atoms with E-state index in [1.807, 2.05) is 0 Å². The molecule has 3 aromatic rings. The van der Waals surface area contributed by atoms with Crippen LogP contribution in [0, 0.1) is 12.7 Å². The van der Waals surface area contributed by atoms with Gasteiger partial charge in [0.15, 0.2) is 0 Å². The van der Waals surface area contributed by atoms with Gasteiger partial charge in [-0.2, -0.15) is 13.2 Å². The number of hydrogen-bond acceptors (Lipinski definition) is 4. The average Bonchev–Trinajstić information content (AvgIpc) is 2.81. The summed E-state index contributed by atoms with van der Waals surface area (Å²) in [4.78, 5) is 20.7. The standard InChI is InChI=1S/C24H24F4N4O2S/c1-14-4-5-18(11-29-14)22-19(8-9-21(32-22)24(26,27)28)12-30-23(33)15(2)16-6-7-17(20(25)10-16)13-31-35(3)34/h4-11,15,31H,12-13H2,1-3H3,(H,30,33). The zero-order chi connectivity index (χ0) is 25.8. The molecular weight excluding hydrogens is 484 g/mol. The molecular formula is C24H24F4N4O2S. The molecule has 2 atom stereocenters. The molecule has 0 aliphatic heterocycles. The third-order valence-corrected chi connectivity index (χ3v) is 5.89. The van der Waals surface area contributed by atoms with Gasteiger partial charge >= 0.3 is 6.18 Å². The van der Waals surface area contributed by atoms with Crippen LogP contribution in [-0.2, 0) is 35.0 Å². The lowest BCUT2D eigenvalue weighted by molar-refractivity contribution is -0.141. The van der Waals surface area contributed by atoms with E-state index in [0.29, 0.717) is 27.9 Å². The maximum Gasteiger partial charge on any atom is 0.433 e. The number of carbonyl (C=O) groups is 1. The van der Waals surface area contributed by atoms with E-state index in [1.165, 1.54) is 30.7 Å². The molecule has 186 valence electrons. The Morgan fingerprint density at radius 1 is 1.09 bits per heavy atom. The Bertz CT molecular complexity index is 1230. The number of alkyl halides is 3. The number of aromatic nitrogens is 2. The number of pyridine rings is 2. The van der Waals surface area contributed by atoms with E-state index in [4.69, 9.17) is 0 Å². The molecule has 3 rings (SSSR count). The van der Waals surface area contributed by atoms with Crippen molar-refractivity contribution in [3.63, 3.8) is 0 Å². The van der Waals surface area contributed by atoms with E-state index in [2.05, 4.69) is 20.0 Å². The molecule has 1 amide bonds. The number of nitrogens with zero attached hydrogens (tertiary/aromatic N) is 2. The van der Waals surface area contributed by atoms with E-state index in [-0.39, 0.29) is 18.8 Å². The van der Waals surface area contributed by atoms with Gasteiger partial charge in [0.25, 0.3) is 0 Å². The third-order valence-electron chi connectivity index (χ3n) is 5.34. The van der Waals surface area contributed by atoms with E-state index in [9.17, 15) is 26.6 Å². The topological polar surface area (TPSA) is 84.0 Å². The van der Waals surface area contributed by atoms with Crippen LogP contribution in [0.25, 0.3) is 11.3 Å². The Morgan fingerprint density at radius 3 is 2.40 bits per heavy atom. The minimum atomic E-state index is -4.62. The molecule has 2 heterocycles. The van der Waals surface area contributed by atoms with Gasteiger partial charge in [-0.15, -0.1) is 0 Å². The predicted molar refractivity (Wildman–Crippen MR) is 125 cm³/mol. The van der Waals surface area contributed by atoms with Crippen LogP contribution in [0.5, 0.6) is 0 Å². The lowest BCUT2D eigenvalue weighted by Gasteiger charge is -2.16. The zero-order valence-electron chi connectivity index (χ0n) is 19.2. The van der Waals surface area contributed by atoms with Crippen LogP contribution < -0.4 is 10.0 Å². The van der Waals surface area contributed by atoms with Crippen LogP contribution >= 0.6 is 0 Å². The maximum atomic E-state index is 14.4. The summed E-state index contributed by atoms with van der Waals surface area (Å²) < 4.78 is 67.9. The zero-order valence-corrected chi connectivity index (χ0v) is 20.1. The van der Waals surface area contributed by atoms with Gasteiger partial charge in [-0.3, -0.25) is 9.78 Å². The molecule has 2 aromatic heterocycles. The summed E-state index contributed by atoms with van der Waals surface area (Å²) in [5, 5.41) is 2.70. The van der Waals surface area contributed by atoms with Crippen LogP contribution in [-0.4, -0.2) is 26.3 Å². The summed E-state index contributed by atoms with van der Waals surface area (Å²) >= 11 is 0. The van der Waals surface area contributed by atoms with E-state index in [1.54, 1.807) is 32.0 Å². The summed E-state index contributed by atoms with van der Waals surface area (Å²) in [6, 6.07) is 9.77. The maximum absolute atomic E-state index is 14.4. The van der Waals surface area contributed by atoms with Gasteiger partial charge in [-0.25, -0.2) is 18.3 Å². The van der Waals surface area contributed by atoms with Crippen LogP contribution in [0.3, 0.4) is 0 Å². The number of rotatable bonds is 8. The minimum Gasteiger partial charge on any atom is -0.351 e. The van der Waals surface area contributed by atoms with Crippen molar-refractivity contribution in [1.82, 2.24) is 20.0 Å². The number of halogens is 4. The van der Waals surface area contributed by atoms with E-state index in [0.717, 1.165) is 6.07 Å². The van der Waals surface area contributed by atoms with Crippen molar-refractivity contribution >= 4 is 16.9 Å². The number of amides is 1. The molecule has 0 aliphatic rings. The monoisotopic (exact) mass is 508 g/mol. The fraction of sp³-hybridized carbons (Fsp3) is 0.292. The summed E-state index contributed by atoms with van der Waals surface area (Å²) in [6.07, 6.45) is -1.76. The molecule has 0 fully saturated rings. The van der Waals surface area contributed by atoms with Gasteiger partial charge in [0, 0.05) is 42.4 Å². The summed E-state index contributed by atoms with van der Waals surface area (Å²) in [5.41, 5.74) is 1.22. The van der Waals surface area contributed by atoms with Crippen molar-refractivity contribution in [3.8, 4) is 11.3 Å². The quantitative estimate of drug-likeness (QED) is 0.442. The van der Waals surface area contributed by atoms with Crippen molar-refractivity contribution in [2.45, 2.75) is 39.0 Å². The van der Waals surface area contributed by atoms with Crippen molar-refractivity contribution in [3.05, 3.63) is 82.6 Å². The number of hydrogen-bond donors (Lipinski definition) is 2. The van der Waals surface area contributed by atoms with Crippen molar-refractivity contribution in [2.75, 3.05) is 6.26 Å². The van der Waals surface area contributed by atoms with E-state index < -0.39 is 40.5 Å². The largest absolute Gasteiger partial charge is 0.433 e. The Balaban J connectivity index is 1.78. The van der Waals surface area contributed by atoms with E-state index >= 15 is 0 Å². The smallest absolute Gasteiger partial charge is 0.351 e. The highest BCUT2D eigenvalue weighted by Crippen LogP contribution is 2.31. The van der Waals surface area contributed by atoms with Gasteiger partial charge < -0.3 is 5.32 Å². The summed E-state index contributed by atoms with van der Waals surface area (Å²) in [7, 11) is -1.29. The van der Waals surface area contributed by atoms with Crippen LogP contribution in [0.1, 0.15) is 40.9 Å². The van der Waals surface area contributed by atoms with Gasteiger partial charge in [0.2, 0.25) is 5.91 Å². The molecule has 0 radical (unpaired) electrons. The first-order valence-electron chi connectivity index (χ1n) is 10.6. The normalized spacial score (nSPS) is 13.3. The summed E-state index contributed by atoms with van der Waals surface area (Å²) in [5.74, 6) is -1.70. The molecule has 6 nitrogen and oxygen atoms in total. The first-order chi connectivity index (χ1) is 16.5. The van der Waals surface area contributed by atoms with Gasteiger partial charge in [-0.05, 0) is 49.2 Å².